The lowest BCUT2D eigenvalue weighted by Gasteiger charge is -2.36. The van der Waals surface area contributed by atoms with Crippen LogP contribution in [0.2, 0.25) is 5.02 Å². The molecule has 1 heterocycles. The molecule has 6 heteroatoms. The Kier molecular flexibility index (Phi) is 8.23. The maximum absolute atomic E-state index is 13.3. The highest BCUT2D eigenvalue weighted by Gasteiger charge is 2.32. The number of hydrogen-bond acceptors (Lipinski definition) is 3. The molecule has 4 rings (SSSR count). The summed E-state index contributed by atoms with van der Waals surface area (Å²) in [4.78, 5) is 26.1. The maximum Gasteiger partial charge on any atom is 0.323 e. The number of carboxylic acid groups (broad SMARTS) is 1. The van der Waals surface area contributed by atoms with Gasteiger partial charge in [0, 0.05) is 23.6 Å². The van der Waals surface area contributed by atoms with Crippen LogP contribution in [0.4, 0.5) is 0 Å². The van der Waals surface area contributed by atoms with Gasteiger partial charge < -0.3 is 14.7 Å². The van der Waals surface area contributed by atoms with E-state index in [4.69, 9.17) is 16.3 Å². The zero-order chi connectivity index (χ0) is 26.6. The van der Waals surface area contributed by atoms with Crippen LogP contribution in [0, 0.1) is 0 Å². The average Bonchev–Trinajstić information content (AvgIpc) is 2.86. The lowest BCUT2D eigenvalue weighted by molar-refractivity contribution is -0.137. The van der Waals surface area contributed by atoms with E-state index in [9.17, 15) is 14.7 Å². The van der Waals surface area contributed by atoms with Gasteiger partial charge in [-0.2, -0.15) is 0 Å². The summed E-state index contributed by atoms with van der Waals surface area (Å²) in [7, 11) is 0. The van der Waals surface area contributed by atoms with Crippen LogP contribution in [0.1, 0.15) is 65.7 Å². The van der Waals surface area contributed by atoms with Crippen molar-refractivity contribution in [3.05, 3.63) is 99.6 Å². The second kappa shape index (κ2) is 11.4. The molecule has 0 radical (unpaired) electrons. The van der Waals surface area contributed by atoms with Crippen molar-refractivity contribution in [1.82, 2.24) is 4.90 Å². The van der Waals surface area contributed by atoms with Crippen LogP contribution in [0.5, 0.6) is 5.75 Å². The van der Waals surface area contributed by atoms with Gasteiger partial charge >= 0.3 is 5.97 Å². The molecule has 0 aliphatic carbocycles. The Morgan fingerprint density at radius 2 is 1.70 bits per heavy atom. The van der Waals surface area contributed by atoms with Gasteiger partial charge in [-0.1, -0.05) is 61.8 Å². The van der Waals surface area contributed by atoms with E-state index in [0.717, 1.165) is 36.1 Å². The Morgan fingerprint density at radius 1 is 1.03 bits per heavy atom. The number of ether oxygens (including phenoxy) is 1. The lowest BCUT2D eigenvalue weighted by Crippen LogP contribution is -2.39. The van der Waals surface area contributed by atoms with E-state index >= 15 is 0 Å². The molecule has 0 aromatic heterocycles. The molecule has 0 saturated heterocycles. The van der Waals surface area contributed by atoms with Crippen LogP contribution in [-0.4, -0.2) is 40.6 Å². The van der Waals surface area contributed by atoms with Crippen LogP contribution in [0.25, 0.3) is 0 Å². The molecule has 1 amide bonds. The number of benzene rings is 3. The van der Waals surface area contributed by atoms with E-state index < -0.39 is 5.97 Å². The predicted octanol–water partition coefficient (Wildman–Crippen LogP) is 6.56. The molecule has 1 N–H and O–H groups in total. The molecule has 194 valence electrons. The summed E-state index contributed by atoms with van der Waals surface area (Å²) in [5.41, 5.74) is 4.69. The fourth-order valence-electron chi connectivity index (χ4n) is 4.81. The molecular weight excluding hydrogens is 486 g/mol. The second-order valence-electron chi connectivity index (χ2n) is 10.4. The standard InChI is InChI=1S/C31H34ClNO4/c1-21(2)24-8-4-23(5-9-24)19-31(3)16-14-25-18-26(10-13-28(25)37-31)30(36)33(20-29(34)35)17-15-22-6-11-27(32)12-7-22/h4-13,18,21H,14-17,19-20H2,1-3H3,(H,34,35)/t31-/m0/s1. The largest absolute Gasteiger partial charge is 0.487 e. The number of fused-ring (bicyclic) bond motifs is 1. The van der Waals surface area contributed by atoms with E-state index in [1.807, 2.05) is 24.3 Å². The number of halogens is 1. The Labute approximate surface area is 224 Å². The molecule has 0 saturated carbocycles. The van der Waals surface area contributed by atoms with E-state index in [-0.39, 0.29) is 18.1 Å². The number of aryl methyl sites for hydroxylation is 1. The Morgan fingerprint density at radius 3 is 2.35 bits per heavy atom. The van der Waals surface area contributed by atoms with Gasteiger partial charge in [0.05, 0.1) is 0 Å². The zero-order valence-electron chi connectivity index (χ0n) is 21.7. The summed E-state index contributed by atoms with van der Waals surface area (Å²) >= 11 is 5.95. The van der Waals surface area contributed by atoms with Crippen LogP contribution in [0.3, 0.4) is 0 Å². The monoisotopic (exact) mass is 519 g/mol. The van der Waals surface area contributed by atoms with Crippen LogP contribution < -0.4 is 4.74 Å². The number of carbonyl (C=O) groups is 2. The summed E-state index contributed by atoms with van der Waals surface area (Å²) in [6.45, 7) is 6.46. The smallest absolute Gasteiger partial charge is 0.323 e. The number of nitrogens with zero attached hydrogens (tertiary/aromatic N) is 1. The number of amides is 1. The van der Waals surface area contributed by atoms with Crippen molar-refractivity contribution in [2.24, 2.45) is 0 Å². The highest BCUT2D eigenvalue weighted by molar-refractivity contribution is 6.30. The molecule has 1 aliphatic heterocycles. The summed E-state index contributed by atoms with van der Waals surface area (Å²) in [5, 5.41) is 10.0. The molecule has 3 aromatic rings. The van der Waals surface area contributed by atoms with Gasteiger partial charge in [0.25, 0.3) is 5.91 Å². The van der Waals surface area contributed by atoms with Crippen molar-refractivity contribution < 1.29 is 19.4 Å². The first kappa shape index (κ1) is 26.7. The number of carboxylic acids is 1. The number of rotatable bonds is 9. The highest BCUT2D eigenvalue weighted by atomic mass is 35.5. The molecule has 0 unspecified atom stereocenters. The third kappa shape index (κ3) is 6.92. The van der Waals surface area contributed by atoms with Gasteiger partial charge in [-0.25, -0.2) is 0 Å². The van der Waals surface area contributed by atoms with Crippen LogP contribution >= 0.6 is 11.6 Å². The summed E-state index contributed by atoms with van der Waals surface area (Å²) < 4.78 is 6.45. The van der Waals surface area contributed by atoms with Gasteiger partial charge in [0.15, 0.2) is 0 Å². The van der Waals surface area contributed by atoms with Gasteiger partial charge in [-0.3, -0.25) is 9.59 Å². The van der Waals surface area contributed by atoms with E-state index in [1.165, 1.54) is 16.0 Å². The third-order valence-corrected chi connectivity index (χ3v) is 7.26. The summed E-state index contributed by atoms with van der Waals surface area (Å²) in [6.07, 6.45) is 2.98. The maximum atomic E-state index is 13.3. The Bertz CT molecular complexity index is 1250. The molecule has 3 aromatic carbocycles. The summed E-state index contributed by atoms with van der Waals surface area (Å²) in [5.74, 6) is -0.0426. The molecule has 37 heavy (non-hydrogen) atoms. The lowest BCUT2D eigenvalue weighted by atomic mass is 9.86. The van der Waals surface area contributed by atoms with Gasteiger partial charge in [0.1, 0.15) is 17.9 Å². The fourth-order valence-corrected chi connectivity index (χ4v) is 4.94. The predicted molar refractivity (Wildman–Crippen MR) is 147 cm³/mol. The Hall–Kier alpha value is -3.31. The molecule has 0 fully saturated rings. The molecule has 0 bridgehead atoms. The Balaban J connectivity index is 1.45. The highest BCUT2D eigenvalue weighted by Crippen LogP contribution is 2.36. The quantitative estimate of drug-likeness (QED) is 0.347. The first-order valence-electron chi connectivity index (χ1n) is 12.8. The number of aliphatic carboxylic acids is 1. The summed E-state index contributed by atoms with van der Waals surface area (Å²) in [6, 6.07) is 21.5. The van der Waals surface area contributed by atoms with Crippen LogP contribution in [0.15, 0.2) is 66.7 Å². The minimum absolute atomic E-state index is 0.294. The number of carbonyl (C=O) groups excluding carboxylic acids is 1. The van der Waals surface area contributed by atoms with E-state index in [0.29, 0.717) is 29.5 Å². The third-order valence-electron chi connectivity index (χ3n) is 7.01. The van der Waals surface area contributed by atoms with Gasteiger partial charge in [-0.15, -0.1) is 0 Å². The molecule has 1 atom stereocenters. The first-order chi connectivity index (χ1) is 17.6. The van der Waals surface area contributed by atoms with Crippen molar-refractivity contribution in [3.8, 4) is 5.75 Å². The van der Waals surface area contributed by atoms with Crippen molar-refractivity contribution in [2.75, 3.05) is 13.1 Å². The molecule has 0 spiro atoms. The van der Waals surface area contributed by atoms with Gasteiger partial charge in [0.2, 0.25) is 0 Å². The normalized spacial score (nSPS) is 16.7. The van der Waals surface area contributed by atoms with Crippen molar-refractivity contribution >= 4 is 23.5 Å². The SMILES string of the molecule is CC(C)c1ccc(C[C@]2(C)CCc3cc(C(=O)N(CCc4ccc(Cl)cc4)CC(=O)O)ccc3O2)cc1. The zero-order valence-corrected chi connectivity index (χ0v) is 22.4. The average molecular weight is 520 g/mol. The minimum Gasteiger partial charge on any atom is -0.487 e. The first-order valence-corrected chi connectivity index (χ1v) is 13.2. The second-order valence-corrected chi connectivity index (χ2v) is 10.9. The topological polar surface area (TPSA) is 66.8 Å². The molecule has 1 aliphatic rings. The minimum atomic E-state index is -1.04. The van der Waals surface area contributed by atoms with Gasteiger partial charge in [-0.05, 0) is 84.7 Å². The van der Waals surface area contributed by atoms with Crippen molar-refractivity contribution in [1.29, 1.82) is 0 Å². The van der Waals surface area contributed by atoms with E-state index in [1.54, 1.807) is 18.2 Å². The fraction of sp³-hybridized carbons (Fsp3) is 0.355. The van der Waals surface area contributed by atoms with Crippen LogP contribution in [-0.2, 0) is 24.1 Å². The van der Waals surface area contributed by atoms with Crippen molar-refractivity contribution in [3.63, 3.8) is 0 Å². The number of hydrogen-bond donors (Lipinski definition) is 1. The molecular formula is C31H34ClNO4. The van der Waals surface area contributed by atoms with E-state index in [2.05, 4.69) is 45.0 Å². The van der Waals surface area contributed by atoms with Crippen molar-refractivity contribution in [2.45, 2.75) is 58.0 Å². The molecule has 5 nitrogen and oxygen atoms in total.